The van der Waals surface area contributed by atoms with E-state index in [0.717, 1.165) is 12.5 Å². The number of aromatic nitrogens is 2. The molecular formula is C13H11Cl2N3O4S. The second-order valence-electron chi connectivity index (χ2n) is 4.42. The van der Waals surface area contributed by atoms with E-state index in [2.05, 4.69) is 15.3 Å². The summed E-state index contributed by atoms with van der Waals surface area (Å²) >= 11 is 11.8. The summed E-state index contributed by atoms with van der Waals surface area (Å²) < 4.78 is 28.1. The zero-order chi connectivity index (χ0) is 17.2. The Morgan fingerprint density at radius 3 is 2.61 bits per heavy atom. The van der Waals surface area contributed by atoms with Gasteiger partial charge in [-0.2, -0.15) is 0 Å². The van der Waals surface area contributed by atoms with Gasteiger partial charge in [-0.15, -0.1) is 0 Å². The molecule has 0 aliphatic rings. The summed E-state index contributed by atoms with van der Waals surface area (Å²) in [5, 5.41) is 2.32. The van der Waals surface area contributed by atoms with Crippen molar-refractivity contribution in [2.45, 2.75) is 5.16 Å². The predicted octanol–water partition coefficient (Wildman–Crippen LogP) is 2.45. The van der Waals surface area contributed by atoms with E-state index in [1.807, 2.05) is 0 Å². The van der Waals surface area contributed by atoms with Gasteiger partial charge in [0, 0.05) is 11.3 Å². The average molecular weight is 376 g/mol. The summed E-state index contributed by atoms with van der Waals surface area (Å²) in [6.07, 6.45) is 1.98. The van der Waals surface area contributed by atoms with Crippen LogP contribution in [-0.4, -0.2) is 37.7 Å². The van der Waals surface area contributed by atoms with Crippen LogP contribution < -0.4 is 10.1 Å². The number of nitrogens with one attached hydrogen (secondary N) is 1. The third-order valence-electron chi connectivity index (χ3n) is 2.68. The summed E-state index contributed by atoms with van der Waals surface area (Å²) in [5.41, 5.74) is 0.0182. The number of rotatable bonds is 4. The van der Waals surface area contributed by atoms with Crippen molar-refractivity contribution in [3.05, 3.63) is 40.1 Å². The fourth-order valence-electron chi connectivity index (χ4n) is 1.65. The van der Waals surface area contributed by atoms with Gasteiger partial charge in [-0.25, -0.2) is 18.4 Å². The van der Waals surface area contributed by atoms with Crippen LogP contribution in [0, 0.1) is 0 Å². The highest BCUT2D eigenvalue weighted by atomic mass is 35.5. The first-order chi connectivity index (χ1) is 10.7. The number of nitrogens with zero attached hydrogens (tertiary/aromatic N) is 2. The molecule has 1 aromatic carbocycles. The molecule has 7 nitrogen and oxygen atoms in total. The third-order valence-corrected chi connectivity index (χ3v) is 4.05. The highest BCUT2D eigenvalue weighted by Gasteiger charge is 2.20. The molecular weight excluding hydrogens is 365 g/mol. The number of anilines is 1. The van der Waals surface area contributed by atoms with Crippen molar-refractivity contribution >= 4 is 44.6 Å². The van der Waals surface area contributed by atoms with Crippen molar-refractivity contribution in [2.24, 2.45) is 0 Å². The van der Waals surface area contributed by atoms with Crippen molar-refractivity contribution in [3.8, 4) is 5.75 Å². The molecule has 0 bridgehead atoms. The molecule has 23 heavy (non-hydrogen) atoms. The molecule has 1 N–H and O–H groups in total. The van der Waals surface area contributed by atoms with Gasteiger partial charge < -0.3 is 10.1 Å². The molecule has 2 aromatic rings. The van der Waals surface area contributed by atoms with E-state index in [1.54, 1.807) is 12.1 Å². The molecule has 1 amide bonds. The molecule has 0 saturated carbocycles. The summed E-state index contributed by atoms with van der Waals surface area (Å²) in [6, 6.07) is 4.64. The van der Waals surface area contributed by atoms with Gasteiger partial charge in [0.15, 0.2) is 5.69 Å². The number of carbonyl (C=O) groups is 1. The van der Waals surface area contributed by atoms with Crippen LogP contribution in [0.3, 0.4) is 0 Å². The van der Waals surface area contributed by atoms with Gasteiger partial charge in [-0.3, -0.25) is 4.79 Å². The SMILES string of the molecule is COc1ccc(Cl)cc1NC(=O)c1nc(S(C)(=O)=O)ncc1Cl. The summed E-state index contributed by atoms with van der Waals surface area (Å²) in [5.74, 6) is -0.348. The topological polar surface area (TPSA) is 98.2 Å². The maximum atomic E-state index is 12.3. The Bertz CT molecular complexity index is 872. The van der Waals surface area contributed by atoms with E-state index in [1.165, 1.54) is 13.2 Å². The van der Waals surface area contributed by atoms with E-state index < -0.39 is 20.9 Å². The van der Waals surface area contributed by atoms with E-state index in [9.17, 15) is 13.2 Å². The lowest BCUT2D eigenvalue weighted by Gasteiger charge is -2.11. The van der Waals surface area contributed by atoms with Crippen molar-refractivity contribution in [3.63, 3.8) is 0 Å². The van der Waals surface area contributed by atoms with Crippen LogP contribution in [0.5, 0.6) is 5.75 Å². The minimum Gasteiger partial charge on any atom is -0.495 e. The van der Waals surface area contributed by atoms with Crippen LogP contribution in [0.4, 0.5) is 5.69 Å². The number of sulfone groups is 1. The van der Waals surface area contributed by atoms with Crippen molar-refractivity contribution < 1.29 is 17.9 Å². The van der Waals surface area contributed by atoms with Gasteiger partial charge >= 0.3 is 0 Å². The Balaban J connectivity index is 2.40. The average Bonchev–Trinajstić information content (AvgIpc) is 2.46. The number of hydrogen-bond acceptors (Lipinski definition) is 6. The fraction of sp³-hybridized carbons (Fsp3) is 0.154. The van der Waals surface area contributed by atoms with Gasteiger partial charge in [0.25, 0.3) is 5.91 Å². The molecule has 10 heteroatoms. The molecule has 0 saturated heterocycles. The highest BCUT2D eigenvalue weighted by molar-refractivity contribution is 7.90. The molecule has 122 valence electrons. The van der Waals surface area contributed by atoms with E-state index in [-0.39, 0.29) is 10.7 Å². The van der Waals surface area contributed by atoms with Crippen molar-refractivity contribution in [1.82, 2.24) is 9.97 Å². The van der Waals surface area contributed by atoms with Gasteiger partial charge in [-0.1, -0.05) is 23.2 Å². The Labute approximate surface area is 142 Å². The Morgan fingerprint density at radius 1 is 1.30 bits per heavy atom. The number of hydrogen-bond donors (Lipinski definition) is 1. The van der Waals surface area contributed by atoms with Crippen LogP contribution in [0.15, 0.2) is 29.6 Å². The van der Waals surface area contributed by atoms with E-state index >= 15 is 0 Å². The quantitative estimate of drug-likeness (QED) is 0.824. The minimum atomic E-state index is -3.67. The molecule has 0 spiro atoms. The second kappa shape index (κ2) is 6.69. The maximum absolute atomic E-state index is 12.3. The molecule has 0 fully saturated rings. The van der Waals surface area contributed by atoms with Crippen LogP contribution in [0.1, 0.15) is 10.5 Å². The monoisotopic (exact) mass is 375 g/mol. The van der Waals surface area contributed by atoms with Crippen LogP contribution in [0.25, 0.3) is 0 Å². The Kier molecular flexibility index (Phi) is 5.08. The highest BCUT2D eigenvalue weighted by Crippen LogP contribution is 2.28. The predicted molar refractivity (Wildman–Crippen MR) is 86.1 cm³/mol. The van der Waals surface area contributed by atoms with Crippen molar-refractivity contribution in [2.75, 3.05) is 18.7 Å². The van der Waals surface area contributed by atoms with Crippen LogP contribution in [-0.2, 0) is 9.84 Å². The van der Waals surface area contributed by atoms with Gasteiger partial charge in [-0.05, 0) is 18.2 Å². The third kappa shape index (κ3) is 4.10. The summed E-state index contributed by atoms with van der Waals surface area (Å²) in [6.45, 7) is 0. The smallest absolute Gasteiger partial charge is 0.276 e. The number of carbonyl (C=O) groups excluding carboxylic acids is 1. The molecule has 0 unspecified atom stereocenters. The number of methoxy groups -OCH3 is 1. The minimum absolute atomic E-state index is 0.0871. The standard InChI is InChI=1S/C13H11Cl2N3O4S/c1-22-10-4-3-7(14)5-9(10)17-12(19)11-8(15)6-16-13(18-11)23(2,20)21/h3-6H,1-2H3,(H,17,19). The zero-order valence-corrected chi connectivity index (χ0v) is 14.3. The summed E-state index contributed by atoms with van der Waals surface area (Å²) in [7, 11) is -2.25. The van der Waals surface area contributed by atoms with Gasteiger partial charge in [0.1, 0.15) is 5.75 Å². The van der Waals surface area contributed by atoms with Crippen molar-refractivity contribution in [1.29, 1.82) is 0 Å². The number of halogens is 2. The number of benzene rings is 1. The molecule has 1 aromatic heterocycles. The lowest BCUT2D eigenvalue weighted by atomic mass is 10.2. The molecule has 0 aliphatic carbocycles. The van der Waals surface area contributed by atoms with E-state index in [4.69, 9.17) is 27.9 Å². The molecule has 0 atom stereocenters. The lowest BCUT2D eigenvalue weighted by Crippen LogP contribution is -2.17. The molecule has 2 rings (SSSR count). The van der Waals surface area contributed by atoms with Gasteiger partial charge in [0.2, 0.25) is 15.0 Å². The first-order valence-electron chi connectivity index (χ1n) is 6.10. The lowest BCUT2D eigenvalue weighted by molar-refractivity contribution is 0.102. The first kappa shape index (κ1) is 17.5. The van der Waals surface area contributed by atoms with E-state index in [0.29, 0.717) is 16.5 Å². The Hall–Kier alpha value is -1.90. The second-order valence-corrected chi connectivity index (χ2v) is 7.17. The molecule has 0 aliphatic heterocycles. The molecule has 0 radical (unpaired) electrons. The van der Waals surface area contributed by atoms with Gasteiger partial charge in [0.05, 0.1) is 24.0 Å². The fourth-order valence-corrected chi connectivity index (χ4v) is 2.50. The number of amides is 1. The zero-order valence-electron chi connectivity index (χ0n) is 12.0. The van der Waals surface area contributed by atoms with Crippen LogP contribution in [0.2, 0.25) is 10.0 Å². The normalized spacial score (nSPS) is 11.1. The first-order valence-corrected chi connectivity index (χ1v) is 8.74. The van der Waals surface area contributed by atoms with Crippen LogP contribution >= 0.6 is 23.2 Å². The molecule has 1 heterocycles. The largest absolute Gasteiger partial charge is 0.495 e. The number of ether oxygens (including phenoxy) is 1. The Morgan fingerprint density at radius 2 is 2.00 bits per heavy atom. The maximum Gasteiger partial charge on any atom is 0.276 e. The summed E-state index contributed by atoms with van der Waals surface area (Å²) in [4.78, 5) is 19.6.